The van der Waals surface area contributed by atoms with Gasteiger partial charge in [-0.05, 0) is 84.7 Å². The van der Waals surface area contributed by atoms with Gasteiger partial charge in [0.15, 0.2) is 0 Å². The van der Waals surface area contributed by atoms with Gasteiger partial charge in [0.05, 0.1) is 5.56 Å². The molecule has 3 aromatic rings. The first-order valence-corrected chi connectivity index (χ1v) is 12.5. The molecular formula is C27H26F3N3S. The molecule has 1 N–H and O–H groups in total. The van der Waals surface area contributed by atoms with Gasteiger partial charge in [-0.25, -0.2) is 4.98 Å². The van der Waals surface area contributed by atoms with Crippen LogP contribution in [0.4, 0.5) is 19.0 Å². The molecule has 0 radical (unpaired) electrons. The molecule has 176 valence electrons. The molecule has 1 aliphatic heterocycles. The second-order valence-corrected chi connectivity index (χ2v) is 10.3. The van der Waals surface area contributed by atoms with Crippen LogP contribution < -0.4 is 5.32 Å². The van der Waals surface area contributed by atoms with E-state index in [1.54, 1.807) is 0 Å². The van der Waals surface area contributed by atoms with Gasteiger partial charge in [0.2, 0.25) is 0 Å². The number of hydrogen-bond acceptors (Lipinski definition) is 4. The maximum Gasteiger partial charge on any atom is 0.417 e. The van der Waals surface area contributed by atoms with Crippen LogP contribution >= 0.6 is 11.8 Å². The molecule has 2 aliphatic rings. The fourth-order valence-electron chi connectivity index (χ4n) is 4.57. The molecule has 0 atom stereocenters. The van der Waals surface area contributed by atoms with Gasteiger partial charge >= 0.3 is 6.18 Å². The summed E-state index contributed by atoms with van der Waals surface area (Å²) < 4.78 is 38.1. The summed E-state index contributed by atoms with van der Waals surface area (Å²) in [6.45, 7) is 0.877. The molecule has 0 saturated heterocycles. The van der Waals surface area contributed by atoms with Crippen LogP contribution in [0.2, 0.25) is 0 Å². The van der Waals surface area contributed by atoms with Crippen LogP contribution in [-0.2, 0) is 12.6 Å². The number of aromatic nitrogens is 1. The summed E-state index contributed by atoms with van der Waals surface area (Å²) in [5.74, 6) is 0.508. The SMILES string of the molecule is FC(F)(F)c1ccc(N[C@H]2CC[C@H](Sc3ccc(-c4ccc5c(c4)C=NCC5)cc3)CC2)nc1. The molecule has 1 fully saturated rings. The molecule has 1 aliphatic carbocycles. The second kappa shape index (κ2) is 9.82. The summed E-state index contributed by atoms with van der Waals surface area (Å²) in [6, 6.07) is 18.1. The van der Waals surface area contributed by atoms with Gasteiger partial charge in [0.25, 0.3) is 0 Å². The highest BCUT2D eigenvalue weighted by molar-refractivity contribution is 8.00. The Hall–Kier alpha value is -2.80. The van der Waals surface area contributed by atoms with Crippen LogP contribution in [0.25, 0.3) is 11.1 Å². The highest BCUT2D eigenvalue weighted by Crippen LogP contribution is 2.36. The first-order valence-electron chi connectivity index (χ1n) is 11.6. The van der Waals surface area contributed by atoms with Crippen molar-refractivity contribution in [1.29, 1.82) is 0 Å². The van der Waals surface area contributed by atoms with Crippen molar-refractivity contribution in [1.82, 2.24) is 4.98 Å². The Balaban J connectivity index is 1.13. The lowest BCUT2D eigenvalue weighted by atomic mass is 9.95. The van der Waals surface area contributed by atoms with E-state index in [4.69, 9.17) is 0 Å². The molecule has 7 heteroatoms. The monoisotopic (exact) mass is 481 g/mol. The number of fused-ring (bicyclic) bond motifs is 1. The lowest BCUT2D eigenvalue weighted by Crippen LogP contribution is -2.27. The molecule has 34 heavy (non-hydrogen) atoms. The van der Waals surface area contributed by atoms with E-state index < -0.39 is 11.7 Å². The lowest BCUT2D eigenvalue weighted by molar-refractivity contribution is -0.137. The highest BCUT2D eigenvalue weighted by atomic mass is 32.2. The number of alkyl halides is 3. The minimum Gasteiger partial charge on any atom is -0.367 e. The van der Waals surface area contributed by atoms with Crippen LogP contribution in [0.1, 0.15) is 42.4 Å². The van der Waals surface area contributed by atoms with Crippen molar-refractivity contribution in [3.63, 3.8) is 0 Å². The van der Waals surface area contributed by atoms with Crippen LogP contribution in [0, 0.1) is 0 Å². The summed E-state index contributed by atoms with van der Waals surface area (Å²) in [5.41, 5.74) is 4.30. The van der Waals surface area contributed by atoms with Crippen LogP contribution in [-0.4, -0.2) is 29.0 Å². The number of halogens is 3. The lowest BCUT2D eigenvalue weighted by Gasteiger charge is -2.29. The van der Waals surface area contributed by atoms with Crippen molar-refractivity contribution < 1.29 is 13.2 Å². The van der Waals surface area contributed by atoms with Gasteiger partial charge in [-0.3, -0.25) is 4.99 Å². The standard InChI is InChI=1S/C27H26F3N3S/c28-27(29,30)22-5-12-26(32-17-22)33-23-6-10-25(11-7-23)34-24-8-3-18(4-9-24)20-2-1-19-13-14-31-16-21(19)15-20/h1-5,8-9,12,15-17,23,25H,6-7,10-11,13-14H2,(H,32,33)/t23-,25-. The summed E-state index contributed by atoms with van der Waals surface area (Å²) in [5, 5.41) is 3.84. The minimum atomic E-state index is -4.35. The molecule has 0 amide bonds. The van der Waals surface area contributed by atoms with Gasteiger partial charge in [-0.15, -0.1) is 11.8 Å². The van der Waals surface area contributed by atoms with E-state index in [0.717, 1.165) is 50.9 Å². The third-order valence-electron chi connectivity index (χ3n) is 6.49. The normalized spacial score (nSPS) is 20.1. The van der Waals surface area contributed by atoms with Crippen molar-refractivity contribution in [2.75, 3.05) is 11.9 Å². The first kappa shape index (κ1) is 23.0. The molecular weight excluding hydrogens is 455 g/mol. The molecule has 2 heterocycles. The number of nitrogens with zero attached hydrogens (tertiary/aromatic N) is 2. The number of rotatable bonds is 5. The number of hydrogen-bond donors (Lipinski definition) is 1. The van der Waals surface area contributed by atoms with Crippen LogP contribution in [0.15, 0.2) is 70.7 Å². The maximum atomic E-state index is 12.7. The van der Waals surface area contributed by atoms with Crippen LogP contribution in [0.5, 0.6) is 0 Å². The number of aliphatic imine (C=N–C) groups is 1. The first-order chi connectivity index (χ1) is 16.4. The van der Waals surface area contributed by atoms with Gasteiger partial charge < -0.3 is 5.32 Å². The maximum absolute atomic E-state index is 12.7. The predicted molar refractivity (Wildman–Crippen MR) is 133 cm³/mol. The zero-order valence-electron chi connectivity index (χ0n) is 18.7. The van der Waals surface area contributed by atoms with E-state index in [1.165, 1.54) is 33.2 Å². The Kier molecular flexibility index (Phi) is 6.63. The Bertz CT molecular complexity index is 1150. The smallest absolute Gasteiger partial charge is 0.367 e. The van der Waals surface area contributed by atoms with E-state index in [9.17, 15) is 13.2 Å². The number of benzene rings is 2. The Morgan fingerprint density at radius 2 is 1.65 bits per heavy atom. The Morgan fingerprint density at radius 3 is 2.35 bits per heavy atom. The van der Waals surface area contributed by atoms with Gasteiger partial charge in [0.1, 0.15) is 5.82 Å². The molecule has 2 aromatic carbocycles. The predicted octanol–water partition coefficient (Wildman–Crippen LogP) is 7.26. The zero-order valence-corrected chi connectivity index (χ0v) is 19.5. The molecule has 1 saturated carbocycles. The van der Waals surface area contributed by atoms with Gasteiger partial charge in [0, 0.05) is 35.1 Å². The third-order valence-corrected chi connectivity index (χ3v) is 7.84. The van der Waals surface area contributed by atoms with E-state index in [0.29, 0.717) is 11.1 Å². The molecule has 0 bridgehead atoms. The Labute approximate surface area is 201 Å². The number of thioether (sulfide) groups is 1. The van der Waals surface area contributed by atoms with Crippen molar-refractivity contribution in [3.05, 3.63) is 77.5 Å². The van der Waals surface area contributed by atoms with Crippen molar-refractivity contribution in [3.8, 4) is 11.1 Å². The average Bonchev–Trinajstić information content (AvgIpc) is 2.85. The van der Waals surface area contributed by atoms with E-state index in [-0.39, 0.29) is 6.04 Å². The van der Waals surface area contributed by atoms with Crippen LogP contribution in [0.3, 0.4) is 0 Å². The van der Waals surface area contributed by atoms with Gasteiger partial charge in [-0.1, -0.05) is 24.3 Å². The summed E-state index contributed by atoms with van der Waals surface area (Å²) in [7, 11) is 0. The van der Waals surface area contributed by atoms with Crippen molar-refractivity contribution in [2.45, 2.75) is 54.5 Å². The average molecular weight is 482 g/mol. The summed E-state index contributed by atoms with van der Waals surface area (Å²) >= 11 is 1.91. The summed E-state index contributed by atoms with van der Waals surface area (Å²) in [6.07, 6.45) is 3.62. The fraction of sp³-hybridized carbons (Fsp3) is 0.333. The van der Waals surface area contributed by atoms with E-state index >= 15 is 0 Å². The number of nitrogens with one attached hydrogen (secondary N) is 1. The minimum absolute atomic E-state index is 0.246. The molecule has 3 nitrogen and oxygen atoms in total. The summed E-state index contributed by atoms with van der Waals surface area (Å²) in [4.78, 5) is 9.60. The molecule has 0 unspecified atom stereocenters. The topological polar surface area (TPSA) is 37.3 Å². The van der Waals surface area contributed by atoms with E-state index in [2.05, 4.69) is 57.8 Å². The fourth-order valence-corrected chi connectivity index (χ4v) is 5.76. The number of pyridine rings is 1. The van der Waals surface area contributed by atoms with Gasteiger partial charge in [-0.2, -0.15) is 13.2 Å². The molecule has 1 aromatic heterocycles. The largest absolute Gasteiger partial charge is 0.417 e. The zero-order chi connectivity index (χ0) is 23.5. The third kappa shape index (κ3) is 5.46. The number of anilines is 1. The molecule has 0 spiro atoms. The van der Waals surface area contributed by atoms with Crippen molar-refractivity contribution >= 4 is 23.8 Å². The molecule has 5 rings (SSSR count). The second-order valence-electron chi connectivity index (χ2n) is 8.89. The Morgan fingerprint density at radius 1 is 0.882 bits per heavy atom. The quantitative estimate of drug-likeness (QED) is 0.417. The highest BCUT2D eigenvalue weighted by Gasteiger charge is 2.31. The van der Waals surface area contributed by atoms with E-state index in [1.807, 2.05) is 18.0 Å². The van der Waals surface area contributed by atoms with Crippen molar-refractivity contribution in [2.24, 2.45) is 4.99 Å².